The molecular formula is C13H17N5O3. The number of amides is 1. The fourth-order valence-electron chi connectivity index (χ4n) is 2.00. The number of carboxylic acids is 1. The van der Waals surface area contributed by atoms with Gasteiger partial charge in [0.25, 0.3) is 5.91 Å². The van der Waals surface area contributed by atoms with Crippen LogP contribution in [0.1, 0.15) is 34.7 Å². The smallest absolute Gasteiger partial charge is 0.325 e. The number of nitrogens with one attached hydrogen (secondary N) is 1. The minimum Gasteiger partial charge on any atom is -0.480 e. The van der Waals surface area contributed by atoms with E-state index in [9.17, 15) is 9.59 Å². The number of carbonyl (C=O) groups is 2. The van der Waals surface area contributed by atoms with E-state index >= 15 is 0 Å². The van der Waals surface area contributed by atoms with Crippen LogP contribution in [0, 0.1) is 6.92 Å². The lowest BCUT2D eigenvalue weighted by Crippen LogP contribution is -2.27. The molecule has 8 nitrogen and oxygen atoms in total. The first kappa shape index (κ1) is 14.8. The first-order valence-electron chi connectivity index (χ1n) is 6.43. The average Bonchev–Trinajstić information content (AvgIpc) is 2.97. The molecule has 1 unspecified atom stereocenters. The highest BCUT2D eigenvalue weighted by atomic mass is 16.4. The summed E-state index contributed by atoms with van der Waals surface area (Å²) in [6.07, 6.45) is 3.17. The van der Waals surface area contributed by atoms with Crippen molar-refractivity contribution in [2.24, 2.45) is 7.05 Å². The second-order valence-electron chi connectivity index (χ2n) is 4.80. The van der Waals surface area contributed by atoms with Crippen LogP contribution in [0.2, 0.25) is 0 Å². The summed E-state index contributed by atoms with van der Waals surface area (Å²) in [5.41, 5.74) is 2.08. The lowest BCUT2D eigenvalue weighted by molar-refractivity contribution is -0.137. The van der Waals surface area contributed by atoms with Gasteiger partial charge < -0.3 is 10.4 Å². The van der Waals surface area contributed by atoms with E-state index in [0.29, 0.717) is 0 Å². The Hall–Kier alpha value is -2.64. The van der Waals surface area contributed by atoms with Gasteiger partial charge >= 0.3 is 5.97 Å². The van der Waals surface area contributed by atoms with Crippen LogP contribution in [0.15, 0.2) is 18.5 Å². The van der Waals surface area contributed by atoms with Crippen molar-refractivity contribution in [2.75, 3.05) is 0 Å². The lowest BCUT2D eigenvalue weighted by Gasteiger charge is -2.12. The van der Waals surface area contributed by atoms with E-state index in [0.717, 1.165) is 11.3 Å². The van der Waals surface area contributed by atoms with Crippen molar-refractivity contribution >= 4 is 11.9 Å². The predicted molar refractivity (Wildman–Crippen MR) is 73.7 cm³/mol. The maximum atomic E-state index is 12.1. The number of rotatable bonds is 5. The van der Waals surface area contributed by atoms with Crippen molar-refractivity contribution in [3.8, 4) is 0 Å². The van der Waals surface area contributed by atoms with E-state index in [2.05, 4.69) is 15.5 Å². The zero-order chi connectivity index (χ0) is 15.6. The molecule has 0 aliphatic heterocycles. The van der Waals surface area contributed by atoms with Gasteiger partial charge in [0.1, 0.15) is 12.2 Å². The molecule has 0 saturated heterocycles. The Labute approximate surface area is 121 Å². The molecule has 1 atom stereocenters. The number of aryl methyl sites for hydroxylation is 1. The molecule has 0 aliphatic rings. The fraction of sp³-hybridized carbons (Fsp3) is 0.385. The number of nitrogens with zero attached hydrogens (tertiary/aromatic N) is 4. The van der Waals surface area contributed by atoms with E-state index in [4.69, 9.17) is 5.11 Å². The minimum absolute atomic E-state index is 0.185. The third-order valence-corrected chi connectivity index (χ3v) is 3.26. The van der Waals surface area contributed by atoms with E-state index in [1.165, 1.54) is 16.9 Å². The standard InChI is InChI=1S/C13H17N5O3/c1-8(10-6-14-17(3)9(10)2)15-13(21)11-4-5-18(16-11)7-12(19)20/h4-6,8H,7H2,1-3H3,(H,15,21)(H,19,20). The van der Waals surface area contributed by atoms with Gasteiger partial charge in [0, 0.05) is 24.5 Å². The van der Waals surface area contributed by atoms with Crippen LogP contribution in [-0.4, -0.2) is 36.5 Å². The molecular weight excluding hydrogens is 274 g/mol. The molecule has 2 aromatic rings. The van der Waals surface area contributed by atoms with Crippen molar-refractivity contribution in [1.29, 1.82) is 0 Å². The van der Waals surface area contributed by atoms with Gasteiger partial charge in [-0.15, -0.1) is 0 Å². The van der Waals surface area contributed by atoms with Crippen LogP contribution in [0.5, 0.6) is 0 Å². The Morgan fingerprint density at radius 1 is 1.48 bits per heavy atom. The summed E-state index contributed by atoms with van der Waals surface area (Å²) < 4.78 is 2.94. The third kappa shape index (κ3) is 3.28. The largest absolute Gasteiger partial charge is 0.480 e. The van der Waals surface area contributed by atoms with E-state index in [1.807, 2.05) is 20.9 Å². The molecule has 1 amide bonds. The molecule has 0 aliphatic carbocycles. The van der Waals surface area contributed by atoms with E-state index < -0.39 is 5.97 Å². The molecule has 0 aromatic carbocycles. The number of carbonyl (C=O) groups excluding carboxylic acids is 1. The Kier molecular flexibility index (Phi) is 4.06. The monoisotopic (exact) mass is 291 g/mol. The molecule has 2 rings (SSSR count). The first-order chi connectivity index (χ1) is 9.88. The maximum absolute atomic E-state index is 12.1. The number of hydrogen-bond donors (Lipinski definition) is 2. The summed E-state index contributed by atoms with van der Waals surface area (Å²) >= 11 is 0. The van der Waals surface area contributed by atoms with Crippen molar-refractivity contribution in [1.82, 2.24) is 24.9 Å². The van der Waals surface area contributed by atoms with Crippen molar-refractivity contribution in [3.63, 3.8) is 0 Å². The van der Waals surface area contributed by atoms with Crippen molar-refractivity contribution in [2.45, 2.75) is 26.4 Å². The van der Waals surface area contributed by atoms with E-state index in [1.54, 1.807) is 10.9 Å². The third-order valence-electron chi connectivity index (χ3n) is 3.26. The Balaban J connectivity index is 2.05. The fourth-order valence-corrected chi connectivity index (χ4v) is 2.00. The molecule has 0 bridgehead atoms. The zero-order valence-corrected chi connectivity index (χ0v) is 12.1. The van der Waals surface area contributed by atoms with Crippen LogP contribution in [0.3, 0.4) is 0 Å². The highest BCUT2D eigenvalue weighted by molar-refractivity contribution is 5.92. The number of carboxylic acid groups (broad SMARTS) is 1. The van der Waals surface area contributed by atoms with Gasteiger partial charge in [0.05, 0.1) is 12.2 Å². The molecule has 112 valence electrons. The minimum atomic E-state index is -1.01. The van der Waals surface area contributed by atoms with Crippen LogP contribution < -0.4 is 5.32 Å². The van der Waals surface area contributed by atoms with Crippen LogP contribution >= 0.6 is 0 Å². The first-order valence-corrected chi connectivity index (χ1v) is 6.43. The molecule has 2 heterocycles. The molecule has 2 aromatic heterocycles. The Morgan fingerprint density at radius 3 is 2.76 bits per heavy atom. The highest BCUT2D eigenvalue weighted by Crippen LogP contribution is 2.16. The zero-order valence-electron chi connectivity index (χ0n) is 12.1. The van der Waals surface area contributed by atoms with Gasteiger partial charge in [-0.1, -0.05) is 0 Å². The van der Waals surface area contributed by atoms with E-state index in [-0.39, 0.29) is 24.2 Å². The van der Waals surface area contributed by atoms with Crippen LogP contribution in [-0.2, 0) is 18.4 Å². The normalized spacial score (nSPS) is 12.1. The molecule has 8 heteroatoms. The van der Waals surface area contributed by atoms with Gasteiger partial charge in [-0.05, 0) is 19.9 Å². The summed E-state index contributed by atoms with van der Waals surface area (Å²) in [5, 5.41) is 19.6. The van der Waals surface area contributed by atoms with Crippen molar-refractivity contribution < 1.29 is 14.7 Å². The molecule has 0 fully saturated rings. The van der Waals surface area contributed by atoms with Crippen LogP contribution in [0.25, 0.3) is 0 Å². The maximum Gasteiger partial charge on any atom is 0.325 e. The molecule has 0 saturated carbocycles. The van der Waals surface area contributed by atoms with Gasteiger partial charge in [0.2, 0.25) is 0 Å². The SMILES string of the molecule is Cc1c(C(C)NC(=O)c2ccn(CC(=O)O)n2)cnn1C. The number of aliphatic carboxylic acids is 1. The van der Waals surface area contributed by atoms with Gasteiger partial charge in [-0.25, -0.2) is 0 Å². The molecule has 0 radical (unpaired) electrons. The lowest BCUT2D eigenvalue weighted by atomic mass is 10.1. The summed E-state index contributed by atoms with van der Waals surface area (Å²) in [4.78, 5) is 22.7. The molecule has 2 N–H and O–H groups in total. The highest BCUT2D eigenvalue weighted by Gasteiger charge is 2.17. The Morgan fingerprint density at radius 2 is 2.19 bits per heavy atom. The summed E-state index contributed by atoms with van der Waals surface area (Å²) in [6.45, 7) is 3.51. The average molecular weight is 291 g/mol. The second-order valence-corrected chi connectivity index (χ2v) is 4.80. The Bertz CT molecular complexity index is 673. The van der Waals surface area contributed by atoms with Gasteiger partial charge in [-0.3, -0.25) is 19.0 Å². The predicted octanol–water partition coefficient (Wildman–Crippen LogP) is 0.501. The second kappa shape index (κ2) is 5.78. The van der Waals surface area contributed by atoms with Gasteiger partial charge in [0.15, 0.2) is 0 Å². The number of hydrogen-bond acceptors (Lipinski definition) is 4. The molecule has 21 heavy (non-hydrogen) atoms. The quantitative estimate of drug-likeness (QED) is 0.835. The summed E-state index contributed by atoms with van der Waals surface area (Å²) in [7, 11) is 1.83. The topological polar surface area (TPSA) is 102 Å². The molecule has 0 spiro atoms. The van der Waals surface area contributed by atoms with Crippen LogP contribution in [0.4, 0.5) is 0 Å². The van der Waals surface area contributed by atoms with Gasteiger partial charge in [-0.2, -0.15) is 10.2 Å². The summed E-state index contributed by atoms with van der Waals surface area (Å²) in [6, 6.07) is 1.27. The van der Waals surface area contributed by atoms with Crippen molar-refractivity contribution in [3.05, 3.63) is 35.4 Å². The number of aromatic nitrogens is 4. The summed E-state index contributed by atoms with van der Waals surface area (Å²) in [5.74, 6) is -1.36.